The van der Waals surface area contributed by atoms with Crippen LogP contribution in [0.1, 0.15) is 34.1 Å². The Kier molecular flexibility index (Phi) is 31.7. The molecule has 40 atom stereocenters. The van der Waals surface area contributed by atoms with Gasteiger partial charge in [0.2, 0.25) is 17.7 Å². The molecule has 46 heteroatoms. The largest absolute Gasteiger partial charge is 0.477 e. The van der Waals surface area contributed by atoms with E-state index >= 15 is 0 Å². The molecule has 0 unspecified atom stereocenters. The Morgan fingerprint density at radius 3 is 1.43 bits per heavy atom. The Morgan fingerprint density at radius 1 is 0.437 bits per heavy atom. The molecule has 0 aromatic carbocycles. The van der Waals surface area contributed by atoms with E-state index in [1.54, 1.807) is 0 Å². The third-order valence-electron chi connectivity index (χ3n) is 18.4. The van der Waals surface area contributed by atoms with Gasteiger partial charge < -0.3 is 210 Å². The molecule has 46 nitrogen and oxygen atoms in total. The van der Waals surface area contributed by atoms with Gasteiger partial charge in [0.05, 0.1) is 71.1 Å². The molecule has 7 rings (SSSR count). The van der Waals surface area contributed by atoms with Crippen LogP contribution in [0.4, 0.5) is 0 Å². The van der Waals surface area contributed by atoms with Gasteiger partial charge in [-0.3, -0.25) is 14.4 Å². The lowest BCUT2D eigenvalue weighted by molar-refractivity contribution is -0.383. The van der Waals surface area contributed by atoms with Gasteiger partial charge in [-0.25, -0.2) is 4.79 Å². The summed E-state index contributed by atoms with van der Waals surface area (Å²) in [6, 6.07) is -5.58. The lowest BCUT2D eigenvalue weighted by atomic mass is 9.88. The predicted molar refractivity (Wildman–Crippen MR) is 317 cm³/mol. The third kappa shape index (κ3) is 19.7. The van der Waals surface area contributed by atoms with Crippen LogP contribution in [0.15, 0.2) is 0 Å². The Balaban J connectivity index is 1.19. The molecule has 7 aliphatic rings. The van der Waals surface area contributed by atoms with Gasteiger partial charge in [0.15, 0.2) is 37.7 Å². The first-order valence-corrected chi connectivity index (χ1v) is 32.5. The minimum atomic E-state index is -3.06. The average Bonchev–Trinajstić information content (AvgIpc) is 0.772. The van der Waals surface area contributed by atoms with Crippen molar-refractivity contribution in [3.63, 3.8) is 0 Å². The van der Waals surface area contributed by atoms with E-state index in [9.17, 15) is 147 Å². The zero-order valence-electron chi connectivity index (χ0n) is 55.4. The molecule has 28 N–H and O–H groups in total. The highest BCUT2D eigenvalue weighted by Gasteiger charge is 2.61. The number of carbonyl (C=O) groups is 4. The Morgan fingerprint density at radius 2 is 0.883 bits per heavy atom. The second kappa shape index (κ2) is 37.7. The first kappa shape index (κ1) is 86.6. The molecule has 0 saturated carbocycles. The van der Waals surface area contributed by atoms with E-state index in [-0.39, 0.29) is 0 Å². The number of hydrogen-bond donors (Lipinski definition) is 28. The fourth-order valence-corrected chi connectivity index (χ4v) is 12.7. The predicted octanol–water partition coefficient (Wildman–Crippen LogP) is -18.2. The summed E-state index contributed by atoms with van der Waals surface area (Å²) in [5, 5.41) is 278. The van der Waals surface area contributed by atoms with E-state index in [2.05, 4.69) is 16.0 Å². The van der Waals surface area contributed by atoms with Gasteiger partial charge in [0.25, 0.3) is 5.79 Å². The molecule has 7 heterocycles. The average molecular weight is 1510 g/mol. The minimum absolute atomic E-state index is 0.829. The van der Waals surface area contributed by atoms with E-state index in [1.165, 1.54) is 6.92 Å². The number of nitrogens with one attached hydrogen (secondary N) is 3. The molecule has 3 amide bonds. The fourth-order valence-electron chi connectivity index (χ4n) is 12.7. The van der Waals surface area contributed by atoms with Crippen LogP contribution in [0.25, 0.3) is 0 Å². The molecular formula is C57H97N3O43. The van der Waals surface area contributed by atoms with Crippen LogP contribution >= 0.6 is 0 Å². The van der Waals surface area contributed by atoms with Gasteiger partial charge >= 0.3 is 5.97 Å². The lowest BCUT2D eigenvalue weighted by Crippen LogP contribution is -2.70. The zero-order valence-corrected chi connectivity index (χ0v) is 55.4. The topological polar surface area (TPSA) is 739 Å². The van der Waals surface area contributed by atoms with Crippen LogP contribution in [-0.2, 0) is 85.5 Å². The second-order valence-electron chi connectivity index (χ2n) is 25.8. The summed E-state index contributed by atoms with van der Waals surface area (Å²) in [5.74, 6) is -7.88. The maximum absolute atomic E-state index is 13.2. The smallest absolute Gasteiger partial charge is 0.364 e. The summed E-state index contributed by atoms with van der Waals surface area (Å²) < 4.78 is 82.2. The Bertz CT molecular complexity index is 2670. The van der Waals surface area contributed by atoms with Gasteiger partial charge in [-0.1, -0.05) is 0 Å². The number of aliphatic carboxylic acids is 1. The van der Waals surface area contributed by atoms with Crippen molar-refractivity contribution in [3.05, 3.63) is 0 Å². The van der Waals surface area contributed by atoms with Gasteiger partial charge in [-0.2, -0.15) is 0 Å². The summed E-state index contributed by atoms with van der Waals surface area (Å²) in [4.78, 5) is 51.2. The first-order chi connectivity index (χ1) is 48.4. The number of carbonyl (C=O) groups excluding carboxylic acids is 3. The first-order valence-electron chi connectivity index (χ1n) is 32.5. The maximum atomic E-state index is 13.2. The number of carboxylic acids is 1. The van der Waals surface area contributed by atoms with Crippen molar-refractivity contribution in [3.8, 4) is 0 Å². The van der Waals surface area contributed by atoms with Crippen LogP contribution in [0.2, 0.25) is 0 Å². The van der Waals surface area contributed by atoms with E-state index in [1.807, 2.05) is 0 Å². The summed E-state index contributed by atoms with van der Waals surface area (Å²) in [6.07, 6.45) is -76.9. The van der Waals surface area contributed by atoms with Crippen LogP contribution < -0.4 is 16.0 Å². The molecule has 7 fully saturated rings. The number of amides is 3. The molecule has 7 aliphatic heterocycles. The highest BCUT2D eigenvalue weighted by Crippen LogP contribution is 2.39. The molecule has 103 heavy (non-hydrogen) atoms. The molecule has 0 bridgehead atoms. The molecule has 0 aliphatic carbocycles. The number of rotatable bonds is 31. The number of carboxylic acid groups (broad SMARTS) is 1. The normalized spacial score (nSPS) is 45.1. The lowest BCUT2D eigenvalue weighted by Gasteiger charge is -2.51. The molecule has 0 spiro atoms. The van der Waals surface area contributed by atoms with Crippen LogP contribution in [0.5, 0.6) is 0 Å². The highest BCUT2D eigenvalue weighted by molar-refractivity contribution is 5.77. The Labute approximate surface area is 583 Å². The second-order valence-corrected chi connectivity index (χ2v) is 25.8. The quantitative estimate of drug-likeness (QED) is 0.0306. The molecule has 598 valence electrons. The van der Waals surface area contributed by atoms with Crippen molar-refractivity contribution < 1.29 is 213 Å². The van der Waals surface area contributed by atoms with Crippen molar-refractivity contribution in [2.24, 2.45) is 0 Å². The number of ether oxygens (including phenoxy) is 14. The van der Waals surface area contributed by atoms with E-state index in [0.29, 0.717) is 0 Å². The van der Waals surface area contributed by atoms with Crippen molar-refractivity contribution >= 4 is 23.7 Å². The highest BCUT2D eigenvalue weighted by atomic mass is 16.8. The van der Waals surface area contributed by atoms with E-state index < -0.39 is 328 Å². The van der Waals surface area contributed by atoms with Crippen LogP contribution in [-0.4, -0.2) is 449 Å². The molecule has 0 aromatic heterocycles. The maximum Gasteiger partial charge on any atom is 0.364 e. The van der Waals surface area contributed by atoms with Crippen molar-refractivity contribution in [2.75, 3.05) is 52.9 Å². The standard InChI is InChI=1S/C57H97N3O43/c1-14-30(74)37(81)40(84)52(92-14)101-48-29(60-17(4)69)50(94-24(11-66)46(48)100-53-41(85)38(82)33(77)22(9-64)93-53)90-12-25-35(79)49(43(87)55(96-25)98-44(21(73)8-63)31(75)19(71)6-61)102-51-28(59-16(3)68)36(80)45(23(10-65)95-51)99-54-42(86)39(83)34(78)26(97-54)13-91-57(56(88)89)5-18(70)27(58-15(2)67)47(103-57)32(76)20(72)7-62/h14,18-55,61-66,70-87H,5-13H2,1-4H3,(H,58,67)(H,59,68)(H,60,69)(H,88,89)/t14-,18-,19-,20+,21+,22+,23+,24+,25+,26+,27+,28+,29+,30+,31+,32+,33-,34-,35+,36+,37+,38-,39-,40-,41+,42+,43-,44+,45+,46+,47+,48+,49-,50+,51-,52-,53-,54-,55-,57+/m0/s1. The molecule has 0 radical (unpaired) electrons. The SMILES string of the molecule is CC(=O)N[C@H]1[C@H](O[C@@H]2[C@H](O)[C@H](O[C@@H]([C@H](O)[C@@H](O)CO)[C@H](O)CO)O[C@H](CO[C@@H]3O[C@H](CO)[C@@H](O[C@@H]4O[C@H](CO)[C@H](O)[C@H](O)[C@H]4O)[C@H](O[C@@H]4O[C@@H](C)[C@@H](O)[C@@H](O)[C@@H]4O)[C@H]3NC(C)=O)[C@H]2O)O[C@H](CO)[C@@H](O[C@@H]2O[C@H](CO[C@]3(C(=O)O)C[C@H](O)[C@@H](NC(C)=O)[C@H]([C@H](O)[C@H](O)CO)O3)[C@H](O)[C@H](O)[C@H]2O)[C@@H]1O. The van der Waals surface area contributed by atoms with Crippen LogP contribution in [0.3, 0.4) is 0 Å². The van der Waals surface area contributed by atoms with Gasteiger partial charge in [-0.15, -0.1) is 0 Å². The zero-order chi connectivity index (χ0) is 76.7. The minimum Gasteiger partial charge on any atom is -0.477 e. The summed E-state index contributed by atoms with van der Waals surface area (Å²) in [5.41, 5.74) is 0. The van der Waals surface area contributed by atoms with Gasteiger partial charge in [0, 0.05) is 27.2 Å². The summed E-state index contributed by atoms with van der Waals surface area (Å²) in [7, 11) is 0. The Hall–Kier alpha value is -3.64. The van der Waals surface area contributed by atoms with Crippen molar-refractivity contribution in [1.82, 2.24) is 16.0 Å². The van der Waals surface area contributed by atoms with Gasteiger partial charge in [0.1, 0.15) is 183 Å². The van der Waals surface area contributed by atoms with E-state index in [0.717, 1.165) is 20.8 Å². The number of aliphatic hydroxyl groups excluding tert-OH is 24. The van der Waals surface area contributed by atoms with Crippen molar-refractivity contribution in [1.29, 1.82) is 0 Å². The molecular weight excluding hydrogens is 1410 g/mol. The van der Waals surface area contributed by atoms with Crippen LogP contribution in [0, 0.1) is 0 Å². The fraction of sp³-hybridized carbons (Fsp3) is 0.930. The van der Waals surface area contributed by atoms with E-state index in [4.69, 9.17) is 66.3 Å². The summed E-state index contributed by atoms with van der Waals surface area (Å²) >= 11 is 0. The van der Waals surface area contributed by atoms with Gasteiger partial charge in [-0.05, 0) is 6.92 Å². The number of aliphatic hydroxyl groups is 24. The molecule has 7 saturated heterocycles. The summed E-state index contributed by atoms with van der Waals surface area (Å²) in [6.45, 7) is -5.26. The van der Waals surface area contributed by atoms with Crippen molar-refractivity contribution in [2.45, 2.75) is 279 Å². The monoisotopic (exact) mass is 1510 g/mol. The molecule has 0 aromatic rings. The third-order valence-corrected chi connectivity index (χ3v) is 18.4. The number of hydrogen-bond acceptors (Lipinski definition) is 42.